The SMILES string of the molecule is CC(C)c1ccc(C(N)CNC(=O)CCc2cc(F)ccc2F)cc1. The minimum atomic E-state index is -0.510. The van der Waals surface area contributed by atoms with Crippen molar-refractivity contribution < 1.29 is 13.6 Å². The van der Waals surface area contributed by atoms with Gasteiger partial charge in [0, 0.05) is 19.0 Å². The van der Waals surface area contributed by atoms with Gasteiger partial charge in [0.15, 0.2) is 0 Å². The molecule has 3 nitrogen and oxygen atoms in total. The minimum absolute atomic E-state index is 0.0827. The molecule has 0 aromatic heterocycles. The van der Waals surface area contributed by atoms with Gasteiger partial charge in [-0.15, -0.1) is 0 Å². The lowest BCUT2D eigenvalue weighted by Crippen LogP contribution is -2.32. The molecule has 0 spiro atoms. The van der Waals surface area contributed by atoms with Gasteiger partial charge in [-0.25, -0.2) is 8.78 Å². The van der Waals surface area contributed by atoms with Crippen molar-refractivity contribution in [2.45, 2.75) is 38.6 Å². The maximum atomic E-state index is 13.5. The number of benzene rings is 2. The molecule has 2 aromatic rings. The third-order valence-electron chi connectivity index (χ3n) is 4.18. The number of hydrogen-bond donors (Lipinski definition) is 2. The van der Waals surface area contributed by atoms with E-state index in [1.165, 1.54) is 5.56 Å². The number of amides is 1. The molecule has 5 heteroatoms. The highest BCUT2D eigenvalue weighted by molar-refractivity contribution is 5.76. The zero-order chi connectivity index (χ0) is 18.4. The summed E-state index contributed by atoms with van der Waals surface area (Å²) < 4.78 is 26.6. The first kappa shape index (κ1) is 19.1. The van der Waals surface area contributed by atoms with Crippen LogP contribution in [0.5, 0.6) is 0 Å². The van der Waals surface area contributed by atoms with E-state index < -0.39 is 11.6 Å². The van der Waals surface area contributed by atoms with Gasteiger partial charge in [0.05, 0.1) is 0 Å². The molecule has 3 N–H and O–H groups in total. The topological polar surface area (TPSA) is 55.1 Å². The van der Waals surface area contributed by atoms with Crippen molar-refractivity contribution in [2.24, 2.45) is 5.73 Å². The molecular formula is C20H24F2N2O. The minimum Gasteiger partial charge on any atom is -0.354 e. The zero-order valence-corrected chi connectivity index (χ0v) is 14.6. The Hall–Kier alpha value is -2.27. The van der Waals surface area contributed by atoms with Crippen LogP contribution in [-0.2, 0) is 11.2 Å². The van der Waals surface area contributed by atoms with E-state index in [4.69, 9.17) is 5.73 Å². The molecule has 1 amide bonds. The number of hydrogen-bond acceptors (Lipinski definition) is 2. The lowest BCUT2D eigenvalue weighted by Gasteiger charge is -2.14. The Kier molecular flexibility index (Phi) is 6.65. The van der Waals surface area contributed by atoms with Crippen LogP contribution in [0.2, 0.25) is 0 Å². The lowest BCUT2D eigenvalue weighted by atomic mass is 9.99. The summed E-state index contributed by atoms with van der Waals surface area (Å²) in [6.45, 7) is 4.54. The first-order chi connectivity index (χ1) is 11.9. The zero-order valence-electron chi connectivity index (χ0n) is 14.6. The summed E-state index contributed by atoms with van der Waals surface area (Å²) in [4.78, 5) is 11.9. The monoisotopic (exact) mass is 346 g/mol. The number of carbonyl (C=O) groups is 1. The van der Waals surface area contributed by atoms with Crippen molar-refractivity contribution >= 4 is 5.91 Å². The van der Waals surface area contributed by atoms with Crippen molar-refractivity contribution in [1.82, 2.24) is 5.32 Å². The Balaban J connectivity index is 1.81. The molecule has 0 aliphatic carbocycles. The molecule has 0 aliphatic heterocycles. The summed E-state index contributed by atoms with van der Waals surface area (Å²) in [6, 6.07) is 10.9. The lowest BCUT2D eigenvalue weighted by molar-refractivity contribution is -0.121. The second-order valence-corrected chi connectivity index (χ2v) is 6.47. The summed E-state index contributed by atoms with van der Waals surface area (Å²) in [7, 11) is 0. The molecule has 2 rings (SSSR count). The Morgan fingerprint density at radius 2 is 1.72 bits per heavy atom. The fourth-order valence-electron chi connectivity index (χ4n) is 2.54. The van der Waals surface area contributed by atoms with E-state index in [0.29, 0.717) is 12.5 Å². The number of nitrogens with two attached hydrogens (primary N) is 1. The van der Waals surface area contributed by atoms with Gasteiger partial charge in [-0.1, -0.05) is 38.1 Å². The van der Waals surface area contributed by atoms with Crippen LogP contribution in [0.15, 0.2) is 42.5 Å². The first-order valence-corrected chi connectivity index (χ1v) is 8.43. The summed E-state index contributed by atoms with van der Waals surface area (Å²) in [5.41, 5.74) is 8.47. The highest BCUT2D eigenvalue weighted by Gasteiger charge is 2.11. The summed E-state index contributed by atoms with van der Waals surface area (Å²) >= 11 is 0. The highest BCUT2D eigenvalue weighted by atomic mass is 19.1. The number of rotatable bonds is 7. The Labute approximate surface area is 147 Å². The predicted octanol–water partition coefficient (Wildman–Crippen LogP) is 3.84. The Bertz CT molecular complexity index is 714. The van der Waals surface area contributed by atoms with E-state index in [9.17, 15) is 13.6 Å². The average Bonchev–Trinajstić information content (AvgIpc) is 2.60. The first-order valence-electron chi connectivity index (χ1n) is 8.43. The fourth-order valence-corrected chi connectivity index (χ4v) is 2.54. The van der Waals surface area contributed by atoms with Crippen LogP contribution in [0.1, 0.15) is 48.9 Å². The van der Waals surface area contributed by atoms with Crippen molar-refractivity contribution in [3.8, 4) is 0 Å². The van der Waals surface area contributed by atoms with E-state index in [-0.39, 0.29) is 30.4 Å². The third kappa shape index (κ3) is 5.64. The highest BCUT2D eigenvalue weighted by Crippen LogP contribution is 2.17. The van der Waals surface area contributed by atoms with Gasteiger partial charge in [-0.3, -0.25) is 4.79 Å². The summed E-state index contributed by atoms with van der Waals surface area (Å²) in [5.74, 6) is -0.800. The van der Waals surface area contributed by atoms with Gasteiger partial charge in [0.1, 0.15) is 11.6 Å². The van der Waals surface area contributed by atoms with Crippen LogP contribution in [-0.4, -0.2) is 12.5 Å². The van der Waals surface area contributed by atoms with E-state index in [1.54, 1.807) is 0 Å². The fraction of sp³-hybridized carbons (Fsp3) is 0.350. The molecule has 0 heterocycles. The average molecular weight is 346 g/mol. The maximum absolute atomic E-state index is 13.5. The second-order valence-electron chi connectivity index (χ2n) is 6.47. The number of aryl methyl sites for hydroxylation is 1. The molecule has 1 unspecified atom stereocenters. The molecule has 0 saturated heterocycles. The van der Waals surface area contributed by atoms with Crippen LogP contribution >= 0.6 is 0 Å². The van der Waals surface area contributed by atoms with Gasteiger partial charge in [0.25, 0.3) is 0 Å². The van der Waals surface area contributed by atoms with E-state index in [1.807, 2.05) is 24.3 Å². The van der Waals surface area contributed by atoms with E-state index in [0.717, 1.165) is 23.8 Å². The van der Waals surface area contributed by atoms with Crippen LogP contribution < -0.4 is 11.1 Å². The number of halogens is 2. The molecule has 0 aliphatic rings. The largest absolute Gasteiger partial charge is 0.354 e. The van der Waals surface area contributed by atoms with E-state index in [2.05, 4.69) is 19.2 Å². The molecule has 0 radical (unpaired) electrons. The van der Waals surface area contributed by atoms with Crippen molar-refractivity contribution in [1.29, 1.82) is 0 Å². The predicted molar refractivity (Wildman–Crippen MR) is 95.1 cm³/mol. The normalized spacial score (nSPS) is 12.2. The summed E-state index contributed by atoms with van der Waals surface area (Å²) in [5, 5.41) is 2.74. The van der Waals surface area contributed by atoms with Crippen molar-refractivity contribution in [3.63, 3.8) is 0 Å². The van der Waals surface area contributed by atoms with Crippen molar-refractivity contribution in [3.05, 3.63) is 70.8 Å². The van der Waals surface area contributed by atoms with Gasteiger partial charge in [-0.05, 0) is 47.2 Å². The molecule has 134 valence electrons. The van der Waals surface area contributed by atoms with Gasteiger partial charge < -0.3 is 11.1 Å². The molecule has 0 bridgehead atoms. The van der Waals surface area contributed by atoms with E-state index >= 15 is 0 Å². The molecule has 25 heavy (non-hydrogen) atoms. The molecular weight excluding hydrogens is 322 g/mol. The molecule has 0 fully saturated rings. The second kappa shape index (κ2) is 8.72. The van der Waals surface area contributed by atoms with Crippen LogP contribution in [0.25, 0.3) is 0 Å². The molecule has 0 saturated carbocycles. The Morgan fingerprint density at radius 1 is 1.08 bits per heavy atom. The maximum Gasteiger partial charge on any atom is 0.220 e. The Morgan fingerprint density at radius 3 is 2.36 bits per heavy atom. The quantitative estimate of drug-likeness (QED) is 0.800. The van der Waals surface area contributed by atoms with Crippen LogP contribution in [0.4, 0.5) is 8.78 Å². The van der Waals surface area contributed by atoms with Crippen molar-refractivity contribution in [2.75, 3.05) is 6.54 Å². The summed E-state index contributed by atoms with van der Waals surface area (Å²) in [6.07, 6.45) is 0.229. The van der Waals surface area contributed by atoms with Gasteiger partial charge in [-0.2, -0.15) is 0 Å². The number of nitrogens with one attached hydrogen (secondary N) is 1. The number of carbonyl (C=O) groups excluding carboxylic acids is 1. The van der Waals surface area contributed by atoms with Gasteiger partial charge >= 0.3 is 0 Å². The standard InChI is InChI=1S/C20H24F2N2O/c1-13(2)14-3-5-15(6-4-14)19(23)12-24-20(25)10-7-16-11-17(21)8-9-18(16)22/h3-6,8-9,11,13,19H,7,10,12,23H2,1-2H3,(H,24,25). The third-order valence-corrected chi connectivity index (χ3v) is 4.18. The van der Waals surface area contributed by atoms with Crippen LogP contribution in [0.3, 0.4) is 0 Å². The van der Waals surface area contributed by atoms with Gasteiger partial charge in [0.2, 0.25) is 5.91 Å². The molecule has 1 atom stereocenters. The smallest absolute Gasteiger partial charge is 0.220 e. The van der Waals surface area contributed by atoms with Crippen LogP contribution in [0, 0.1) is 11.6 Å². The molecule has 2 aromatic carbocycles.